The molecule has 1 N–H and O–H groups in total. The number of rotatable bonds is 7. The summed E-state index contributed by atoms with van der Waals surface area (Å²) in [6, 6.07) is 8.47. The molecular weight excluding hydrogens is 360 g/mol. The van der Waals surface area contributed by atoms with Crippen LogP contribution in [0.3, 0.4) is 0 Å². The van der Waals surface area contributed by atoms with Crippen LogP contribution in [0.2, 0.25) is 5.02 Å². The fourth-order valence-electron chi connectivity index (χ4n) is 2.26. The number of halogens is 1. The summed E-state index contributed by atoms with van der Waals surface area (Å²) in [6.45, 7) is 0.523. The van der Waals surface area contributed by atoms with Crippen molar-refractivity contribution in [2.75, 3.05) is 14.2 Å². The van der Waals surface area contributed by atoms with E-state index in [-0.39, 0.29) is 18.2 Å². The molecule has 1 aromatic carbocycles. The van der Waals surface area contributed by atoms with Gasteiger partial charge in [-0.2, -0.15) is 5.10 Å². The molecule has 0 aliphatic carbocycles. The minimum Gasteiger partial charge on any atom is -0.497 e. The molecule has 0 fully saturated rings. The van der Waals surface area contributed by atoms with Gasteiger partial charge < -0.3 is 18.9 Å². The predicted molar refractivity (Wildman–Crippen MR) is 93.2 cm³/mol. The summed E-state index contributed by atoms with van der Waals surface area (Å²) < 4.78 is 15.5. The number of methoxy groups -OCH3 is 1. The van der Waals surface area contributed by atoms with Crippen molar-refractivity contribution in [3.05, 3.63) is 58.7 Å². The Hall–Kier alpha value is -3.00. The highest BCUT2D eigenvalue weighted by Crippen LogP contribution is 2.29. The minimum atomic E-state index is -0.238. The molecule has 136 valence electrons. The summed E-state index contributed by atoms with van der Waals surface area (Å²) in [5, 5.41) is 11.0. The third-order valence-electron chi connectivity index (χ3n) is 3.61. The quantitative estimate of drug-likeness (QED) is 0.681. The van der Waals surface area contributed by atoms with Gasteiger partial charge in [-0.25, -0.2) is 0 Å². The van der Waals surface area contributed by atoms with E-state index < -0.39 is 0 Å². The minimum absolute atomic E-state index is 0.194. The summed E-state index contributed by atoms with van der Waals surface area (Å²) in [4.78, 5) is 13.9. The van der Waals surface area contributed by atoms with Crippen LogP contribution < -0.4 is 9.47 Å². The Morgan fingerprint density at radius 1 is 1.35 bits per heavy atom. The number of benzene rings is 1. The molecule has 0 saturated carbocycles. The van der Waals surface area contributed by atoms with Crippen LogP contribution in [0.4, 0.5) is 0 Å². The van der Waals surface area contributed by atoms with Gasteiger partial charge in [-0.05, 0) is 18.2 Å². The first-order valence-corrected chi connectivity index (χ1v) is 8.10. The highest BCUT2D eigenvalue weighted by atomic mass is 35.5. The van der Waals surface area contributed by atoms with Gasteiger partial charge in [-0.1, -0.05) is 16.8 Å². The molecule has 2 aromatic heterocycles. The van der Waals surface area contributed by atoms with E-state index in [1.165, 1.54) is 11.2 Å². The zero-order valence-electron chi connectivity index (χ0n) is 14.2. The third-order valence-corrected chi connectivity index (χ3v) is 3.90. The normalized spacial score (nSPS) is 10.6. The number of H-pyrrole nitrogens is 1. The van der Waals surface area contributed by atoms with E-state index in [1.54, 1.807) is 44.5 Å². The fourth-order valence-corrected chi connectivity index (χ4v) is 2.48. The van der Waals surface area contributed by atoms with Crippen molar-refractivity contribution in [2.45, 2.75) is 13.2 Å². The maximum absolute atomic E-state index is 12.4. The molecule has 26 heavy (non-hydrogen) atoms. The van der Waals surface area contributed by atoms with Gasteiger partial charge >= 0.3 is 0 Å². The standard InChI is InChI=1S/C17H17ClN4O4/c1-22(9-11-5-6-26-21-11)17(23)15-7-12(19-20-15)10-25-16-4-3-13(24-2)8-14(16)18/h3-8H,9-10H2,1-2H3,(H,19,20). The molecule has 2 heterocycles. The number of hydrogen-bond donors (Lipinski definition) is 1. The molecule has 0 aliphatic rings. The largest absolute Gasteiger partial charge is 0.497 e. The molecule has 3 aromatic rings. The van der Waals surface area contributed by atoms with Gasteiger partial charge in [0.05, 0.1) is 24.4 Å². The van der Waals surface area contributed by atoms with E-state index in [0.29, 0.717) is 34.5 Å². The van der Waals surface area contributed by atoms with Crippen LogP contribution in [0, 0.1) is 0 Å². The number of ether oxygens (including phenoxy) is 2. The number of aromatic amines is 1. The molecule has 0 spiro atoms. The van der Waals surface area contributed by atoms with E-state index in [1.807, 2.05) is 0 Å². The van der Waals surface area contributed by atoms with E-state index in [4.69, 9.17) is 25.6 Å². The maximum atomic E-state index is 12.4. The number of aromatic nitrogens is 3. The van der Waals surface area contributed by atoms with Crippen molar-refractivity contribution in [3.63, 3.8) is 0 Å². The van der Waals surface area contributed by atoms with Crippen LogP contribution in [-0.2, 0) is 13.2 Å². The van der Waals surface area contributed by atoms with Gasteiger partial charge in [0, 0.05) is 19.2 Å². The molecule has 3 rings (SSSR count). The fraction of sp³-hybridized carbons (Fsp3) is 0.235. The monoisotopic (exact) mass is 376 g/mol. The first kappa shape index (κ1) is 17.8. The number of nitrogens with zero attached hydrogens (tertiary/aromatic N) is 3. The molecule has 0 atom stereocenters. The van der Waals surface area contributed by atoms with Crippen molar-refractivity contribution in [2.24, 2.45) is 0 Å². The Morgan fingerprint density at radius 3 is 2.88 bits per heavy atom. The molecule has 8 nitrogen and oxygen atoms in total. The van der Waals surface area contributed by atoms with Crippen LogP contribution >= 0.6 is 11.6 Å². The molecular formula is C17H17ClN4O4. The van der Waals surface area contributed by atoms with Crippen molar-refractivity contribution < 1.29 is 18.8 Å². The lowest BCUT2D eigenvalue weighted by Gasteiger charge is -2.13. The number of amides is 1. The van der Waals surface area contributed by atoms with Gasteiger partial charge in [0.2, 0.25) is 0 Å². The Morgan fingerprint density at radius 2 is 2.19 bits per heavy atom. The molecule has 9 heteroatoms. The topological polar surface area (TPSA) is 93.5 Å². The lowest BCUT2D eigenvalue weighted by molar-refractivity contribution is 0.0776. The van der Waals surface area contributed by atoms with Gasteiger partial charge in [0.15, 0.2) is 5.69 Å². The van der Waals surface area contributed by atoms with E-state index >= 15 is 0 Å². The van der Waals surface area contributed by atoms with Crippen molar-refractivity contribution >= 4 is 17.5 Å². The highest BCUT2D eigenvalue weighted by Gasteiger charge is 2.17. The Labute approximate surface area is 154 Å². The van der Waals surface area contributed by atoms with E-state index in [0.717, 1.165) is 0 Å². The Bertz CT molecular complexity index is 879. The zero-order chi connectivity index (χ0) is 18.5. The van der Waals surface area contributed by atoms with Crippen molar-refractivity contribution in [3.8, 4) is 11.5 Å². The van der Waals surface area contributed by atoms with Crippen LogP contribution in [0.5, 0.6) is 11.5 Å². The first-order chi connectivity index (χ1) is 12.6. The molecule has 0 bridgehead atoms. The van der Waals surface area contributed by atoms with Crippen molar-refractivity contribution in [1.29, 1.82) is 0 Å². The summed E-state index contributed by atoms with van der Waals surface area (Å²) >= 11 is 6.13. The SMILES string of the molecule is COc1ccc(OCc2cc(C(=O)N(C)Cc3ccon3)n[nH]2)c(Cl)c1. The Kier molecular flexibility index (Phi) is 5.43. The number of hydrogen-bond acceptors (Lipinski definition) is 6. The summed E-state index contributed by atoms with van der Waals surface area (Å²) in [7, 11) is 3.23. The van der Waals surface area contributed by atoms with Crippen LogP contribution in [0.25, 0.3) is 0 Å². The van der Waals surface area contributed by atoms with Crippen molar-refractivity contribution in [1.82, 2.24) is 20.3 Å². The van der Waals surface area contributed by atoms with Crippen LogP contribution in [0.15, 0.2) is 41.1 Å². The third kappa shape index (κ3) is 4.15. The second-order valence-electron chi connectivity index (χ2n) is 5.52. The van der Waals surface area contributed by atoms with Crippen LogP contribution in [0.1, 0.15) is 21.9 Å². The molecule has 0 unspecified atom stereocenters. The number of nitrogens with one attached hydrogen (secondary N) is 1. The maximum Gasteiger partial charge on any atom is 0.274 e. The van der Waals surface area contributed by atoms with Gasteiger partial charge in [0.1, 0.15) is 30.1 Å². The summed E-state index contributed by atoms with van der Waals surface area (Å²) in [5.41, 5.74) is 1.60. The van der Waals surface area contributed by atoms with Crippen LogP contribution in [-0.4, -0.2) is 40.3 Å². The lowest BCUT2D eigenvalue weighted by Crippen LogP contribution is -2.26. The lowest BCUT2D eigenvalue weighted by atomic mass is 10.3. The first-order valence-electron chi connectivity index (χ1n) is 7.72. The second-order valence-corrected chi connectivity index (χ2v) is 5.92. The Balaban J connectivity index is 1.60. The van der Waals surface area contributed by atoms with Gasteiger partial charge in [-0.3, -0.25) is 9.89 Å². The number of carbonyl (C=O) groups is 1. The molecule has 1 amide bonds. The highest BCUT2D eigenvalue weighted by molar-refractivity contribution is 6.32. The smallest absolute Gasteiger partial charge is 0.274 e. The average molecular weight is 377 g/mol. The number of carbonyl (C=O) groups excluding carboxylic acids is 1. The van der Waals surface area contributed by atoms with Gasteiger partial charge in [0.25, 0.3) is 5.91 Å². The van der Waals surface area contributed by atoms with E-state index in [9.17, 15) is 4.79 Å². The van der Waals surface area contributed by atoms with Gasteiger partial charge in [-0.15, -0.1) is 0 Å². The van der Waals surface area contributed by atoms with E-state index in [2.05, 4.69) is 15.4 Å². The predicted octanol–water partition coefficient (Wildman–Crippen LogP) is 2.91. The molecule has 0 aliphatic heterocycles. The zero-order valence-corrected chi connectivity index (χ0v) is 15.0. The second kappa shape index (κ2) is 7.92. The molecule has 0 saturated heterocycles. The summed E-state index contributed by atoms with van der Waals surface area (Å²) in [6.07, 6.45) is 1.46. The summed E-state index contributed by atoms with van der Waals surface area (Å²) in [5.74, 6) is 0.919. The average Bonchev–Trinajstić information content (AvgIpc) is 3.31. The molecule has 0 radical (unpaired) electrons.